The number of rotatable bonds is 5. The van der Waals surface area contributed by atoms with Crippen LogP contribution in [-0.2, 0) is 4.79 Å². The van der Waals surface area contributed by atoms with Crippen LogP contribution in [0.1, 0.15) is 19.8 Å². The molecule has 0 aromatic rings. The highest BCUT2D eigenvalue weighted by Gasteiger charge is 2.06. The van der Waals surface area contributed by atoms with Crippen molar-refractivity contribution in [3.8, 4) is 0 Å². The van der Waals surface area contributed by atoms with E-state index in [0.29, 0.717) is 6.54 Å². The standard InChI is InChI=1S/C7H16N4O/c1-5(6(8)12)3-2-4-11-7(9)10/h5H,2-4H2,1H3,(H2,8,12)(H4,9,10,11). The number of carbonyl (C=O) groups excluding carboxylic acids is 1. The zero-order valence-electron chi connectivity index (χ0n) is 7.29. The fraction of sp³-hybridized carbons (Fsp3) is 0.714. The van der Waals surface area contributed by atoms with Crippen LogP contribution >= 0.6 is 0 Å². The topological polar surface area (TPSA) is 107 Å². The summed E-state index contributed by atoms with van der Waals surface area (Å²) in [5.41, 5.74) is 15.3. The molecule has 0 aromatic heterocycles. The average molecular weight is 172 g/mol. The minimum atomic E-state index is -0.278. The van der Waals surface area contributed by atoms with E-state index < -0.39 is 0 Å². The predicted molar refractivity (Wildman–Crippen MR) is 48.3 cm³/mol. The molecule has 5 heteroatoms. The summed E-state index contributed by atoms with van der Waals surface area (Å²) in [6.07, 6.45) is 1.51. The molecule has 0 heterocycles. The summed E-state index contributed by atoms with van der Waals surface area (Å²) in [6, 6.07) is 0. The number of guanidine groups is 1. The van der Waals surface area contributed by atoms with Gasteiger partial charge in [-0.25, -0.2) is 0 Å². The zero-order chi connectivity index (χ0) is 9.56. The van der Waals surface area contributed by atoms with Crippen molar-refractivity contribution in [2.75, 3.05) is 6.54 Å². The maximum atomic E-state index is 10.6. The van der Waals surface area contributed by atoms with Crippen molar-refractivity contribution in [3.05, 3.63) is 0 Å². The van der Waals surface area contributed by atoms with E-state index in [1.54, 1.807) is 6.92 Å². The molecule has 1 atom stereocenters. The second kappa shape index (κ2) is 5.40. The Hall–Kier alpha value is -1.26. The molecule has 12 heavy (non-hydrogen) atoms. The first-order valence-electron chi connectivity index (χ1n) is 3.88. The number of nitrogens with two attached hydrogens (primary N) is 3. The van der Waals surface area contributed by atoms with E-state index in [1.165, 1.54) is 0 Å². The highest BCUT2D eigenvalue weighted by Crippen LogP contribution is 2.03. The summed E-state index contributed by atoms with van der Waals surface area (Å²) in [5.74, 6) is -0.291. The lowest BCUT2D eigenvalue weighted by Crippen LogP contribution is -2.23. The van der Waals surface area contributed by atoms with Crippen LogP contribution in [0.25, 0.3) is 0 Å². The Kier molecular flexibility index (Phi) is 4.83. The second-order valence-corrected chi connectivity index (χ2v) is 2.75. The van der Waals surface area contributed by atoms with E-state index in [0.717, 1.165) is 12.8 Å². The SMILES string of the molecule is CC(CCCN=C(N)N)C(N)=O. The Morgan fingerprint density at radius 3 is 2.42 bits per heavy atom. The Balaban J connectivity index is 3.44. The van der Waals surface area contributed by atoms with E-state index in [2.05, 4.69) is 4.99 Å². The number of nitrogens with zero attached hydrogens (tertiary/aromatic N) is 1. The minimum Gasteiger partial charge on any atom is -0.370 e. The molecule has 1 unspecified atom stereocenters. The molecule has 0 aromatic carbocycles. The zero-order valence-corrected chi connectivity index (χ0v) is 7.29. The van der Waals surface area contributed by atoms with Gasteiger partial charge in [-0.2, -0.15) is 0 Å². The molecule has 0 aliphatic carbocycles. The normalized spacial score (nSPS) is 12.1. The third-order valence-electron chi connectivity index (χ3n) is 1.58. The largest absolute Gasteiger partial charge is 0.370 e. The molecule has 0 aliphatic rings. The highest BCUT2D eigenvalue weighted by molar-refractivity contribution is 5.76. The van der Waals surface area contributed by atoms with Gasteiger partial charge >= 0.3 is 0 Å². The molecule has 0 spiro atoms. The Morgan fingerprint density at radius 2 is 2.00 bits per heavy atom. The first-order valence-corrected chi connectivity index (χ1v) is 3.88. The minimum absolute atomic E-state index is 0.0849. The Bertz CT molecular complexity index is 174. The number of primary amides is 1. The van der Waals surface area contributed by atoms with Crippen molar-refractivity contribution in [3.63, 3.8) is 0 Å². The van der Waals surface area contributed by atoms with Gasteiger partial charge in [0.2, 0.25) is 5.91 Å². The van der Waals surface area contributed by atoms with Crippen molar-refractivity contribution in [2.24, 2.45) is 28.1 Å². The molecule has 0 radical (unpaired) electrons. The molecule has 0 aliphatic heterocycles. The number of hydrogen-bond acceptors (Lipinski definition) is 2. The summed E-state index contributed by atoms with van der Waals surface area (Å²) >= 11 is 0. The van der Waals surface area contributed by atoms with Crippen molar-refractivity contribution in [2.45, 2.75) is 19.8 Å². The summed E-state index contributed by atoms with van der Waals surface area (Å²) in [5, 5.41) is 0. The molecule has 0 fully saturated rings. The molecule has 0 saturated heterocycles. The van der Waals surface area contributed by atoms with Gasteiger partial charge in [-0.05, 0) is 12.8 Å². The monoisotopic (exact) mass is 172 g/mol. The first kappa shape index (κ1) is 10.7. The van der Waals surface area contributed by atoms with Crippen LogP contribution in [0.3, 0.4) is 0 Å². The van der Waals surface area contributed by atoms with Crippen LogP contribution < -0.4 is 17.2 Å². The molecular weight excluding hydrogens is 156 g/mol. The van der Waals surface area contributed by atoms with Crippen molar-refractivity contribution in [1.82, 2.24) is 0 Å². The summed E-state index contributed by atoms with van der Waals surface area (Å²) in [7, 11) is 0. The number of carbonyl (C=O) groups is 1. The van der Waals surface area contributed by atoms with Gasteiger partial charge in [0, 0.05) is 12.5 Å². The quantitative estimate of drug-likeness (QED) is 0.286. The summed E-state index contributed by atoms with van der Waals surface area (Å²) in [4.78, 5) is 14.3. The van der Waals surface area contributed by atoms with Crippen LogP contribution in [-0.4, -0.2) is 18.4 Å². The van der Waals surface area contributed by atoms with Gasteiger partial charge in [0.05, 0.1) is 0 Å². The molecule has 0 rings (SSSR count). The van der Waals surface area contributed by atoms with E-state index in [9.17, 15) is 4.79 Å². The predicted octanol–water partition coefficient (Wildman–Crippen LogP) is -0.839. The summed E-state index contributed by atoms with van der Waals surface area (Å²) < 4.78 is 0. The third-order valence-corrected chi connectivity index (χ3v) is 1.58. The molecule has 0 saturated carbocycles. The molecule has 0 bridgehead atoms. The lowest BCUT2D eigenvalue weighted by atomic mass is 10.1. The third kappa shape index (κ3) is 5.52. The van der Waals surface area contributed by atoms with Crippen molar-refractivity contribution < 1.29 is 4.79 Å². The van der Waals surface area contributed by atoms with Gasteiger partial charge in [0.25, 0.3) is 0 Å². The number of hydrogen-bond donors (Lipinski definition) is 3. The fourth-order valence-electron chi connectivity index (χ4n) is 0.748. The van der Waals surface area contributed by atoms with Crippen LogP contribution in [0.5, 0.6) is 0 Å². The average Bonchev–Trinajstić information content (AvgIpc) is 1.97. The molecule has 70 valence electrons. The Morgan fingerprint density at radius 1 is 1.42 bits per heavy atom. The fourth-order valence-corrected chi connectivity index (χ4v) is 0.748. The second-order valence-electron chi connectivity index (χ2n) is 2.75. The van der Waals surface area contributed by atoms with Crippen LogP contribution in [0.2, 0.25) is 0 Å². The van der Waals surface area contributed by atoms with E-state index in [-0.39, 0.29) is 17.8 Å². The van der Waals surface area contributed by atoms with Gasteiger partial charge in [-0.1, -0.05) is 6.92 Å². The maximum absolute atomic E-state index is 10.6. The molecule has 5 nitrogen and oxygen atoms in total. The van der Waals surface area contributed by atoms with Gasteiger partial charge in [0.15, 0.2) is 5.96 Å². The lowest BCUT2D eigenvalue weighted by molar-refractivity contribution is -0.121. The number of amides is 1. The first-order chi connectivity index (χ1) is 5.54. The van der Waals surface area contributed by atoms with Gasteiger partial charge in [-0.3, -0.25) is 9.79 Å². The maximum Gasteiger partial charge on any atom is 0.220 e. The lowest BCUT2D eigenvalue weighted by Gasteiger charge is -2.04. The van der Waals surface area contributed by atoms with E-state index in [1.807, 2.05) is 0 Å². The van der Waals surface area contributed by atoms with Crippen LogP contribution in [0.15, 0.2) is 4.99 Å². The molecule has 1 amide bonds. The van der Waals surface area contributed by atoms with Gasteiger partial charge in [-0.15, -0.1) is 0 Å². The van der Waals surface area contributed by atoms with Gasteiger partial charge < -0.3 is 17.2 Å². The highest BCUT2D eigenvalue weighted by atomic mass is 16.1. The van der Waals surface area contributed by atoms with Crippen molar-refractivity contribution in [1.29, 1.82) is 0 Å². The van der Waals surface area contributed by atoms with E-state index >= 15 is 0 Å². The van der Waals surface area contributed by atoms with Crippen LogP contribution in [0.4, 0.5) is 0 Å². The summed E-state index contributed by atoms with van der Waals surface area (Å²) in [6.45, 7) is 2.35. The Labute approximate surface area is 72.0 Å². The molecule has 6 N–H and O–H groups in total. The van der Waals surface area contributed by atoms with Crippen molar-refractivity contribution >= 4 is 11.9 Å². The van der Waals surface area contributed by atoms with Gasteiger partial charge in [0.1, 0.15) is 0 Å². The smallest absolute Gasteiger partial charge is 0.220 e. The number of aliphatic imine (C=N–C) groups is 1. The van der Waals surface area contributed by atoms with Crippen LogP contribution in [0, 0.1) is 5.92 Å². The van der Waals surface area contributed by atoms with E-state index in [4.69, 9.17) is 17.2 Å². The molecular formula is C7H16N4O.